The molecule has 0 spiro atoms. The van der Waals surface area contributed by atoms with Crippen molar-refractivity contribution in [1.82, 2.24) is 0 Å². The third-order valence-corrected chi connectivity index (χ3v) is 2.32. The summed E-state index contributed by atoms with van der Waals surface area (Å²) >= 11 is 5.86. The average Bonchev–Trinajstić information content (AvgIpc) is 2.34. The molecule has 0 atom stereocenters. The molecule has 1 rings (SSSR count). The molecule has 0 saturated carbocycles. The Hall–Kier alpha value is -1.28. The molecule has 0 aliphatic rings. The normalized spacial score (nSPS) is 9.94. The first-order valence-electron chi connectivity index (χ1n) is 5.17. The van der Waals surface area contributed by atoms with Gasteiger partial charge in [-0.3, -0.25) is 0 Å². The number of rotatable bonds is 7. The second-order valence-corrected chi connectivity index (χ2v) is 3.59. The second-order valence-electron chi connectivity index (χ2n) is 3.18. The zero-order valence-corrected chi connectivity index (χ0v) is 10.4. The van der Waals surface area contributed by atoms with E-state index < -0.39 is 0 Å². The molecule has 1 aromatic carbocycles. The number of methoxy groups -OCH3 is 1. The third-order valence-electron chi connectivity index (χ3n) is 2.00. The maximum Gasteiger partial charge on any atom is 0.138 e. The van der Waals surface area contributed by atoms with Crippen molar-refractivity contribution < 1.29 is 14.2 Å². The largest absolute Gasteiger partial charge is 0.490 e. The first-order valence-corrected chi connectivity index (χ1v) is 5.55. The minimum absolute atomic E-state index is 0.353. The third kappa shape index (κ3) is 4.61. The van der Waals surface area contributed by atoms with E-state index in [1.165, 1.54) is 0 Å². The van der Waals surface area contributed by atoms with Crippen molar-refractivity contribution >= 4 is 11.6 Å². The van der Waals surface area contributed by atoms with E-state index in [1.807, 2.05) is 6.07 Å². The molecule has 0 aromatic heterocycles. The molecule has 17 heavy (non-hydrogen) atoms. The number of nitrogens with zero attached hydrogens (tertiary/aromatic N) is 1. The molecule has 0 unspecified atom stereocenters. The molecule has 0 radical (unpaired) electrons. The summed E-state index contributed by atoms with van der Waals surface area (Å²) in [5.74, 6) is 0.482. The van der Waals surface area contributed by atoms with Crippen molar-refractivity contribution in [3.63, 3.8) is 0 Å². The molecule has 92 valence electrons. The number of nitriles is 1. The fraction of sp³-hybridized carbons (Fsp3) is 0.417. The van der Waals surface area contributed by atoms with Crippen LogP contribution in [0, 0.1) is 11.3 Å². The first kappa shape index (κ1) is 13.8. The summed E-state index contributed by atoms with van der Waals surface area (Å²) in [6.45, 7) is 1.90. The smallest absolute Gasteiger partial charge is 0.138 e. The lowest BCUT2D eigenvalue weighted by molar-refractivity contribution is 0.0544. The number of hydrogen-bond acceptors (Lipinski definition) is 4. The maximum absolute atomic E-state index is 8.91. The topological polar surface area (TPSA) is 51.5 Å². The summed E-state index contributed by atoms with van der Waals surface area (Å²) in [4.78, 5) is 0. The Morgan fingerprint density at radius 2 is 2.00 bits per heavy atom. The fourth-order valence-corrected chi connectivity index (χ4v) is 1.40. The van der Waals surface area contributed by atoms with Gasteiger partial charge in [-0.15, -0.1) is 0 Å². The van der Waals surface area contributed by atoms with E-state index in [0.717, 1.165) is 0 Å². The Morgan fingerprint density at radius 1 is 1.24 bits per heavy atom. The van der Waals surface area contributed by atoms with E-state index in [2.05, 4.69) is 0 Å². The number of hydrogen-bond donors (Lipinski definition) is 0. The van der Waals surface area contributed by atoms with Crippen LogP contribution in [0.5, 0.6) is 5.75 Å². The van der Waals surface area contributed by atoms with Crippen LogP contribution in [0.25, 0.3) is 0 Å². The van der Waals surface area contributed by atoms with Gasteiger partial charge in [0.15, 0.2) is 0 Å². The van der Waals surface area contributed by atoms with E-state index in [1.54, 1.807) is 25.3 Å². The lowest BCUT2D eigenvalue weighted by Gasteiger charge is -2.08. The van der Waals surface area contributed by atoms with Crippen LogP contribution in [0.3, 0.4) is 0 Å². The van der Waals surface area contributed by atoms with Crippen LogP contribution < -0.4 is 4.74 Å². The highest BCUT2D eigenvalue weighted by molar-refractivity contribution is 6.31. The lowest BCUT2D eigenvalue weighted by atomic mass is 10.2. The highest BCUT2D eigenvalue weighted by Gasteiger charge is 2.06. The zero-order chi connectivity index (χ0) is 12.5. The summed E-state index contributed by atoms with van der Waals surface area (Å²) in [6, 6.07) is 7.11. The molecule has 1 aromatic rings. The summed E-state index contributed by atoms with van der Waals surface area (Å²) in [7, 11) is 1.62. The molecule has 0 amide bonds. The van der Waals surface area contributed by atoms with E-state index in [4.69, 9.17) is 31.1 Å². The van der Waals surface area contributed by atoms with Crippen LogP contribution in [-0.2, 0) is 9.47 Å². The van der Waals surface area contributed by atoms with E-state index in [9.17, 15) is 0 Å². The van der Waals surface area contributed by atoms with Crippen molar-refractivity contribution in [1.29, 1.82) is 5.26 Å². The van der Waals surface area contributed by atoms with Crippen molar-refractivity contribution in [3.05, 3.63) is 28.8 Å². The quantitative estimate of drug-likeness (QED) is 0.702. The highest BCUT2D eigenvalue weighted by atomic mass is 35.5. The predicted octanol–water partition coefficient (Wildman–Crippen LogP) is 2.25. The van der Waals surface area contributed by atoms with Gasteiger partial charge in [0.25, 0.3) is 0 Å². The van der Waals surface area contributed by atoms with E-state index in [0.29, 0.717) is 42.8 Å². The van der Waals surface area contributed by atoms with Gasteiger partial charge in [-0.2, -0.15) is 5.26 Å². The fourth-order valence-electron chi connectivity index (χ4n) is 1.19. The summed E-state index contributed by atoms with van der Waals surface area (Å²) in [6.07, 6.45) is 0. The van der Waals surface area contributed by atoms with Crippen molar-refractivity contribution in [2.24, 2.45) is 0 Å². The average molecular weight is 256 g/mol. The van der Waals surface area contributed by atoms with E-state index >= 15 is 0 Å². The van der Waals surface area contributed by atoms with Crippen LogP contribution in [0.4, 0.5) is 0 Å². The van der Waals surface area contributed by atoms with Crippen molar-refractivity contribution in [3.8, 4) is 11.8 Å². The van der Waals surface area contributed by atoms with Crippen LogP contribution in [0.1, 0.15) is 5.56 Å². The second kappa shape index (κ2) is 7.91. The van der Waals surface area contributed by atoms with Gasteiger partial charge >= 0.3 is 0 Å². The maximum atomic E-state index is 8.91. The predicted molar refractivity (Wildman–Crippen MR) is 64.4 cm³/mol. The molecule has 0 heterocycles. The molecule has 0 aliphatic heterocycles. The van der Waals surface area contributed by atoms with Crippen molar-refractivity contribution in [2.45, 2.75) is 0 Å². The Bertz CT molecular complexity index is 390. The monoisotopic (exact) mass is 255 g/mol. The van der Waals surface area contributed by atoms with E-state index in [-0.39, 0.29) is 0 Å². The number of halogens is 1. The van der Waals surface area contributed by atoms with Gasteiger partial charge in [-0.1, -0.05) is 17.7 Å². The van der Waals surface area contributed by atoms with Crippen LogP contribution in [0.15, 0.2) is 18.2 Å². The van der Waals surface area contributed by atoms with Gasteiger partial charge in [-0.05, 0) is 12.1 Å². The molecule has 0 saturated heterocycles. The molecule has 0 bridgehead atoms. The molecular weight excluding hydrogens is 242 g/mol. The first-order chi connectivity index (χ1) is 8.29. The van der Waals surface area contributed by atoms with Crippen LogP contribution >= 0.6 is 11.6 Å². The van der Waals surface area contributed by atoms with Crippen LogP contribution in [-0.4, -0.2) is 33.5 Å². The van der Waals surface area contributed by atoms with Gasteiger partial charge in [0.1, 0.15) is 24.0 Å². The molecule has 4 nitrogen and oxygen atoms in total. The Balaban J connectivity index is 2.37. The summed E-state index contributed by atoms with van der Waals surface area (Å²) < 4.78 is 15.5. The minimum Gasteiger partial charge on any atom is -0.490 e. The SMILES string of the molecule is COCCOCCOc1cccc(Cl)c1C#N. The zero-order valence-electron chi connectivity index (χ0n) is 9.61. The highest BCUT2D eigenvalue weighted by Crippen LogP contribution is 2.25. The van der Waals surface area contributed by atoms with Gasteiger partial charge < -0.3 is 14.2 Å². The molecular formula is C12H14ClNO3. The summed E-state index contributed by atoms with van der Waals surface area (Å²) in [5.41, 5.74) is 0.353. The van der Waals surface area contributed by atoms with Crippen molar-refractivity contribution in [2.75, 3.05) is 33.5 Å². The van der Waals surface area contributed by atoms with Gasteiger partial charge in [0.05, 0.1) is 24.8 Å². The van der Waals surface area contributed by atoms with Gasteiger partial charge in [-0.25, -0.2) is 0 Å². The number of benzene rings is 1. The van der Waals surface area contributed by atoms with Gasteiger partial charge in [0, 0.05) is 7.11 Å². The summed E-state index contributed by atoms with van der Waals surface area (Å²) in [5, 5.41) is 9.30. The minimum atomic E-state index is 0.353. The Kier molecular flexibility index (Phi) is 6.41. The Labute approximate surface area is 106 Å². The number of ether oxygens (including phenoxy) is 3. The molecule has 0 fully saturated rings. The van der Waals surface area contributed by atoms with Gasteiger partial charge in [0.2, 0.25) is 0 Å². The lowest BCUT2D eigenvalue weighted by Crippen LogP contribution is -2.10. The molecule has 5 heteroatoms. The van der Waals surface area contributed by atoms with Crippen LogP contribution in [0.2, 0.25) is 5.02 Å². The Morgan fingerprint density at radius 3 is 2.71 bits per heavy atom. The standard InChI is InChI=1S/C12H14ClNO3/c1-15-5-6-16-7-8-17-12-4-2-3-11(13)10(12)9-14/h2-4H,5-8H2,1H3. The molecule has 0 aliphatic carbocycles. The molecule has 0 N–H and O–H groups in total.